The molecule has 11 atom stereocenters. The van der Waals surface area contributed by atoms with E-state index in [2.05, 4.69) is 18.4 Å². The SMILES string of the molecule is CCCOC[C@H]1OC(OP(=O)(O)OP(=O)(O)OOC[C@H]2O[C@@H](n3ccc(=O)[nH]c3=O)[C@H](O)[C@@H]2O)[C@H](O)[C@@H](O)[C@H]1O. The van der Waals surface area contributed by atoms with Crippen LogP contribution in [0.2, 0.25) is 0 Å². The van der Waals surface area contributed by atoms with Gasteiger partial charge < -0.3 is 49.5 Å². The molecule has 40 heavy (non-hydrogen) atoms. The lowest BCUT2D eigenvalue weighted by molar-refractivity contribution is -0.283. The third-order valence-electron chi connectivity index (χ3n) is 5.58. The van der Waals surface area contributed by atoms with Crippen LogP contribution in [0.4, 0.5) is 0 Å². The average molecular weight is 624 g/mol. The molecule has 1 aromatic rings. The predicted molar refractivity (Wildman–Crippen MR) is 124 cm³/mol. The molecular weight excluding hydrogens is 594 g/mol. The topological polar surface area (TPSA) is 295 Å². The summed E-state index contributed by atoms with van der Waals surface area (Å²) in [5.74, 6) is 0. The molecule has 3 heterocycles. The second-order valence-corrected chi connectivity index (χ2v) is 11.5. The van der Waals surface area contributed by atoms with E-state index in [1.54, 1.807) is 6.92 Å². The van der Waals surface area contributed by atoms with Crippen LogP contribution in [-0.4, -0.2) is 114 Å². The van der Waals surface area contributed by atoms with E-state index in [0.29, 0.717) is 6.42 Å². The highest BCUT2D eigenvalue weighted by Gasteiger charge is 2.49. The minimum absolute atomic E-state index is 0.248. The Hall–Kier alpha value is -1.42. The van der Waals surface area contributed by atoms with Crippen molar-refractivity contribution in [3.8, 4) is 0 Å². The molecule has 0 radical (unpaired) electrons. The molecule has 8 N–H and O–H groups in total. The lowest BCUT2D eigenvalue weighted by Crippen LogP contribution is -2.59. The minimum Gasteiger partial charge on any atom is -0.387 e. The maximum absolute atomic E-state index is 12.3. The van der Waals surface area contributed by atoms with E-state index in [1.165, 1.54) is 0 Å². The fourth-order valence-electron chi connectivity index (χ4n) is 3.67. The molecular formula is C18H30N2O18P2. The van der Waals surface area contributed by atoms with Crippen LogP contribution in [0.25, 0.3) is 0 Å². The normalized spacial score (nSPS) is 35.8. The number of phosphoric acid groups is 2. The molecule has 0 aromatic carbocycles. The summed E-state index contributed by atoms with van der Waals surface area (Å²) >= 11 is 0. The lowest BCUT2D eigenvalue weighted by atomic mass is 9.99. The molecule has 0 spiro atoms. The average Bonchev–Trinajstić information content (AvgIpc) is 3.13. The number of aliphatic hydroxyl groups is 5. The van der Waals surface area contributed by atoms with E-state index in [9.17, 15) is 54.0 Å². The Bertz CT molecular complexity index is 1190. The number of ether oxygens (including phenoxy) is 3. The third-order valence-corrected chi connectivity index (χ3v) is 8.00. The van der Waals surface area contributed by atoms with Crippen LogP contribution in [0, 0.1) is 0 Å². The third kappa shape index (κ3) is 8.33. The van der Waals surface area contributed by atoms with E-state index in [-0.39, 0.29) is 13.2 Å². The number of nitrogens with zero attached hydrogens (tertiary/aromatic N) is 1. The van der Waals surface area contributed by atoms with Crippen molar-refractivity contribution in [1.29, 1.82) is 0 Å². The Morgan fingerprint density at radius 3 is 2.23 bits per heavy atom. The highest BCUT2D eigenvalue weighted by molar-refractivity contribution is 7.61. The van der Waals surface area contributed by atoms with Gasteiger partial charge >= 0.3 is 21.3 Å². The number of rotatable bonds is 13. The number of phosphoric ester groups is 1. The van der Waals surface area contributed by atoms with Crippen molar-refractivity contribution < 1.29 is 77.1 Å². The van der Waals surface area contributed by atoms with E-state index < -0.39 is 88.7 Å². The molecule has 0 aliphatic carbocycles. The van der Waals surface area contributed by atoms with Crippen molar-refractivity contribution in [1.82, 2.24) is 9.55 Å². The Morgan fingerprint density at radius 1 is 0.925 bits per heavy atom. The summed E-state index contributed by atoms with van der Waals surface area (Å²) in [6, 6.07) is 0.950. The predicted octanol–water partition coefficient (Wildman–Crippen LogP) is -3.43. The van der Waals surface area contributed by atoms with Crippen LogP contribution < -0.4 is 11.2 Å². The molecule has 3 rings (SSSR count). The Morgan fingerprint density at radius 2 is 1.57 bits per heavy atom. The van der Waals surface area contributed by atoms with E-state index in [0.717, 1.165) is 16.8 Å². The highest BCUT2D eigenvalue weighted by Crippen LogP contribution is 2.61. The Labute approximate surface area is 224 Å². The van der Waals surface area contributed by atoms with Gasteiger partial charge in [-0.1, -0.05) is 6.92 Å². The number of aromatic nitrogens is 2. The molecule has 0 amide bonds. The highest BCUT2D eigenvalue weighted by atomic mass is 31.3. The number of aliphatic hydroxyl groups excluding tert-OH is 5. The quantitative estimate of drug-likeness (QED) is 0.0458. The number of hydrogen-bond acceptors (Lipinski definition) is 16. The van der Waals surface area contributed by atoms with Gasteiger partial charge in [-0.3, -0.25) is 18.9 Å². The van der Waals surface area contributed by atoms with Gasteiger partial charge in [-0.15, -0.1) is 4.67 Å². The number of nitrogens with one attached hydrogen (secondary N) is 1. The van der Waals surface area contributed by atoms with Crippen molar-refractivity contribution in [3.63, 3.8) is 0 Å². The minimum atomic E-state index is -5.60. The van der Waals surface area contributed by atoms with Crippen molar-refractivity contribution in [2.24, 2.45) is 0 Å². The first-order valence-corrected chi connectivity index (χ1v) is 14.6. The molecule has 20 nitrogen and oxygen atoms in total. The van der Waals surface area contributed by atoms with Gasteiger partial charge in [0.1, 0.15) is 49.3 Å². The fraction of sp³-hybridized carbons (Fsp3) is 0.778. The van der Waals surface area contributed by atoms with Crippen LogP contribution in [-0.2, 0) is 41.7 Å². The first-order valence-electron chi connectivity index (χ1n) is 11.6. The molecule has 1 aromatic heterocycles. The van der Waals surface area contributed by atoms with Gasteiger partial charge in [0.15, 0.2) is 12.5 Å². The van der Waals surface area contributed by atoms with Gasteiger partial charge in [0.05, 0.1) is 6.61 Å². The van der Waals surface area contributed by atoms with Gasteiger partial charge in [-0.2, -0.15) is 4.31 Å². The van der Waals surface area contributed by atoms with Crippen LogP contribution in [0.3, 0.4) is 0 Å². The summed E-state index contributed by atoms with van der Waals surface area (Å²) in [5.41, 5.74) is -1.70. The summed E-state index contributed by atoms with van der Waals surface area (Å²) in [6.07, 6.45) is -13.9. The van der Waals surface area contributed by atoms with Crippen molar-refractivity contribution in [2.45, 2.75) is 68.6 Å². The van der Waals surface area contributed by atoms with Crippen LogP contribution in [0.5, 0.6) is 0 Å². The molecule has 230 valence electrons. The van der Waals surface area contributed by atoms with Crippen LogP contribution in [0.15, 0.2) is 21.9 Å². The zero-order valence-electron chi connectivity index (χ0n) is 20.6. The molecule has 3 unspecified atom stereocenters. The van der Waals surface area contributed by atoms with Crippen molar-refractivity contribution in [3.05, 3.63) is 33.1 Å². The zero-order chi connectivity index (χ0) is 29.8. The molecule has 0 bridgehead atoms. The Balaban J connectivity index is 1.54. The maximum atomic E-state index is 12.3. The number of hydrogen-bond donors (Lipinski definition) is 8. The summed E-state index contributed by atoms with van der Waals surface area (Å²) in [5, 5.41) is 50.3. The fourth-order valence-corrected chi connectivity index (χ4v) is 5.61. The number of aromatic amines is 1. The second-order valence-electron chi connectivity index (χ2n) is 8.64. The molecule has 2 aliphatic heterocycles. The van der Waals surface area contributed by atoms with E-state index >= 15 is 0 Å². The van der Waals surface area contributed by atoms with Gasteiger partial charge in [0.25, 0.3) is 5.56 Å². The second kappa shape index (κ2) is 13.7. The van der Waals surface area contributed by atoms with Crippen molar-refractivity contribution in [2.75, 3.05) is 19.8 Å². The summed E-state index contributed by atoms with van der Waals surface area (Å²) in [6.45, 7) is 0.857. The van der Waals surface area contributed by atoms with Gasteiger partial charge in [0.2, 0.25) is 0 Å². The van der Waals surface area contributed by atoms with Gasteiger partial charge in [-0.25, -0.2) is 18.8 Å². The zero-order valence-corrected chi connectivity index (χ0v) is 22.4. The standard InChI is InChI=1S/C18H30N2O18P2/c1-2-5-32-6-8-11(22)13(24)15(26)17(35-8)36-39(28,29)38-40(30,31)37-33-7-9-12(23)14(25)16(34-9)20-4-3-10(21)19-18(20)27/h3-4,8-9,11-17,22-26H,2,5-7H2,1H3,(H,28,29)(H,30,31)(H,19,21,27)/t8-,9-,11+,12-,13+,14-,15-,16-,17?/m1/s1. The van der Waals surface area contributed by atoms with E-state index in [1.807, 2.05) is 4.98 Å². The maximum Gasteiger partial charge on any atom is 0.508 e. The Kier molecular flexibility index (Phi) is 11.3. The van der Waals surface area contributed by atoms with Crippen LogP contribution in [0.1, 0.15) is 19.6 Å². The smallest absolute Gasteiger partial charge is 0.387 e. The molecule has 2 saturated heterocycles. The molecule has 2 aliphatic rings. The number of H-pyrrole nitrogens is 1. The summed E-state index contributed by atoms with van der Waals surface area (Å²) in [4.78, 5) is 49.1. The molecule has 22 heteroatoms. The van der Waals surface area contributed by atoms with Crippen molar-refractivity contribution >= 4 is 15.6 Å². The summed E-state index contributed by atoms with van der Waals surface area (Å²) < 4.78 is 53.5. The monoisotopic (exact) mass is 624 g/mol. The van der Waals surface area contributed by atoms with E-state index in [4.69, 9.17) is 14.2 Å². The summed E-state index contributed by atoms with van der Waals surface area (Å²) in [7, 11) is -11.2. The van der Waals surface area contributed by atoms with Crippen LogP contribution >= 0.6 is 15.6 Å². The van der Waals surface area contributed by atoms with Gasteiger partial charge in [-0.05, 0) is 6.42 Å². The first kappa shape index (κ1) is 33.1. The lowest BCUT2D eigenvalue weighted by Gasteiger charge is -2.40. The van der Waals surface area contributed by atoms with Gasteiger partial charge in [0, 0.05) is 18.9 Å². The largest absolute Gasteiger partial charge is 0.508 e. The molecule has 0 saturated carbocycles. The molecule has 2 fully saturated rings. The first-order chi connectivity index (χ1) is 18.7.